The van der Waals surface area contributed by atoms with Crippen molar-refractivity contribution in [3.8, 4) is 5.69 Å². The van der Waals surface area contributed by atoms with Gasteiger partial charge < -0.3 is 5.11 Å². The highest BCUT2D eigenvalue weighted by Crippen LogP contribution is 2.23. The molecule has 0 amide bonds. The molecular formula is C10H7ClN2O2. The van der Waals surface area contributed by atoms with Gasteiger partial charge in [-0.3, -0.25) is 0 Å². The van der Waals surface area contributed by atoms with Crippen LogP contribution in [0.3, 0.4) is 0 Å². The summed E-state index contributed by atoms with van der Waals surface area (Å²) in [5, 5.41) is 13.0. The fourth-order valence-corrected chi connectivity index (χ4v) is 1.57. The summed E-state index contributed by atoms with van der Waals surface area (Å²) in [5.41, 5.74) is 0.631. The van der Waals surface area contributed by atoms with Gasteiger partial charge in [0.05, 0.1) is 16.3 Å². The van der Waals surface area contributed by atoms with Gasteiger partial charge in [-0.2, -0.15) is 5.10 Å². The first kappa shape index (κ1) is 9.73. The van der Waals surface area contributed by atoms with E-state index in [1.807, 2.05) is 0 Å². The third-order valence-corrected chi connectivity index (χ3v) is 2.36. The van der Waals surface area contributed by atoms with Crippen LogP contribution in [0.4, 0.5) is 0 Å². The molecule has 1 N–H and O–H groups in total. The van der Waals surface area contributed by atoms with Gasteiger partial charge in [0, 0.05) is 12.4 Å². The normalized spacial score (nSPS) is 10.2. The maximum Gasteiger partial charge on any atom is 0.337 e. The molecule has 0 spiro atoms. The summed E-state index contributed by atoms with van der Waals surface area (Å²) in [7, 11) is 0. The molecule has 0 aliphatic carbocycles. The minimum Gasteiger partial charge on any atom is -0.478 e. The number of rotatable bonds is 2. The zero-order valence-corrected chi connectivity index (χ0v) is 8.35. The molecule has 0 bridgehead atoms. The topological polar surface area (TPSA) is 55.1 Å². The van der Waals surface area contributed by atoms with Gasteiger partial charge in [-0.05, 0) is 18.2 Å². The minimum atomic E-state index is -1.05. The van der Waals surface area contributed by atoms with Crippen LogP contribution in [0.25, 0.3) is 5.69 Å². The first-order valence-corrected chi connectivity index (χ1v) is 4.60. The molecule has 0 fully saturated rings. The molecule has 1 heterocycles. The van der Waals surface area contributed by atoms with E-state index in [0.29, 0.717) is 5.69 Å². The standard InChI is InChI=1S/C10H7ClN2O2/c11-9-7(10(14)15)3-1-4-8(9)13-6-2-5-12-13/h1-6H,(H,14,15). The quantitative estimate of drug-likeness (QED) is 0.848. The van der Waals surface area contributed by atoms with Crippen LogP contribution in [0.15, 0.2) is 36.7 Å². The lowest BCUT2D eigenvalue weighted by molar-refractivity contribution is 0.0697. The summed E-state index contributed by atoms with van der Waals surface area (Å²) < 4.78 is 1.52. The van der Waals surface area contributed by atoms with Crippen molar-refractivity contribution in [2.24, 2.45) is 0 Å². The van der Waals surface area contributed by atoms with Gasteiger partial charge in [-0.25, -0.2) is 9.48 Å². The van der Waals surface area contributed by atoms with Crippen molar-refractivity contribution in [3.63, 3.8) is 0 Å². The van der Waals surface area contributed by atoms with Gasteiger partial charge in [-0.1, -0.05) is 17.7 Å². The van der Waals surface area contributed by atoms with Crippen molar-refractivity contribution in [3.05, 3.63) is 47.2 Å². The number of carboxylic acids is 1. The number of benzene rings is 1. The predicted molar refractivity (Wildman–Crippen MR) is 55.5 cm³/mol. The molecule has 0 unspecified atom stereocenters. The zero-order valence-electron chi connectivity index (χ0n) is 7.59. The number of aromatic carboxylic acids is 1. The molecule has 0 aliphatic rings. The van der Waals surface area contributed by atoms with Crippen LogP contribution < -0.4 is 0 Å². The summed E-state index contributed by atoms with van der Waals surface area (Å²) in [6.45, 7) is 0. The Kier molecular flexibility index (Phi) is 2.43. The number of aromatic nitrogens is 2. The lowest BCUT2D eigenvalue weighted by atomic mass is 10.2. The fraction of sp³-hybridized carbons (Fsp3) is 0. The second-order valence-corrected chi connectivity index (χ2v) is 3.27. The Labute approximate surface area is 90.7 Å². The first-order valence-electron chi connectivity index (χ1n) is 4.22. The van der Waals surface area contributed by atoms with Crippen molar-refractivity contribution in [1.82, 2.24) is 9.78 Å². The molecule has 2 rings (SSSR count). The molecule has 1 aromatic heterocycles. The largest absolute Gasteiger partial charge is 0.478 e. The summed E-state index contributed by atoms with van der Waals surface area (Å²) in [5.74, 6) is -1.05. The minimum absolute atomic E-state index is 0.0738. The number of hydrogen-bond donors (Lipinski definition) is 1. The smallest absolute Gasteiger partial charge is 0.337 e. The zero-order chi connectivity index (χ0) is 10.8. The maximum absolute atomic E-state index is 10.8. The number of carbonyl (C=O) groups is 1. The Hall–Kier alpha value is -1.81. The van der Waals surface area contributed by atoms with E-state index in [0.717, 1.165) is 0 Å². The van der Waals surface area contributed by atoms with Crippen LogP contribution in [0.5, 0.6) is 0 Å². The van der Waals surface area contributed by atoms with E-state index >= 15 is 0 Å². The Balaban J connectivity index is 2.59. The third kappa shape index (κ3) is 1.71. The molecule has 4 nitrogen and oxygen atoms in total. The van der Waals surface area contributed by atoms with E-state index in [1.54, 1.807) is 30.6 Å². The summed E-state index contributed by atoms with van der Waals surface area (Å²) in [4.78, 5) is 10.8. The Morgan fingerprint density at radius 1 is 1.40 bits per heavy atom. The molecule has 2 aromatic rings. The van der Waals surface area contributed by atoms with Crippen LogP contribution in [-0.4, -0.2) is 20.9 Å². The van der Waals surface area contributed by atoms with E-state index in [-0.39, 0.29) is 10.6 Å². The molecule has 0 saturated carbocycles. The number of hydrogen-bond acceptors (Lipinski definition) is 2. The predicted octanol–water partition coefficient (Wildman–Crippen LogP) is 2.22. The van der Waals surface area contributed by atoms with E-state index in [1.165, 1.54) is 10.7 Å². The van der Waals surface area contributed by atoms with Crippen LogP contribution in [-0.2, 0) is 0 Å². The van der Waals surface area contributed by atoms with Crippen LogP contribution in [0, 0.1) is 0 Å². The third-order valence-electron chi connectivity index (χ3n) is 1.96. The van der Waals surface area contributed by atoms with Gasteiger partial charge in [0.1, 0.15) is 0 Å². The SMILES string of the molecule is O=C(O)c1cccc(-n2cccn2)c1Cl. The van der Waals surface area contributed by atoms with Crippen LogP contribution >= 0.6 is 11.6 Å². The highest BCUT2D eigenvalue weighted by molar-refractivity contribution is 6.35. The average Bonchev–Trinajstić information content (AvgIpc) is 2.70. The first-order chi connectivity index (χ1) is 7.20. The monoisotopic (exact) mass is 222 g/mol. The van der Waals surface area contributed by atoms with Crippen molar-refractivity contribution in [1.29, 1.82) is 0 Å². The van der Waals surface area contributed by atoms with Crippen molar-refractivity contribution >= 4 is 17.6 Å². The second-order valence-electron chi connectivity index (χ2n) is 2.89. The van der Waals surface area contributed by atoms with Gasteiger partial charge in [-0.15, -0.1) is 0 Å². The Bertz CT molecular complexity index is 494. The molecule has 76 valence electrons. The molecule has 5 heteroatoms. The van der Waals surface area contributed by atoms with Gasteiger partial charge in [0.2, 0.25) is 0 Å². The Morgan fingerprint density at radius 3 is 2.80 bits per heavy atom. The average molecular weight is 223 g/mol. The van der Waals surface area contributed by atoms with Crippen molar-refractivity contribution in [2.45, 2.75) is 0 Å². The van der Waals surface area contributed by atoms with Gasteiger partial charge >= 0.3 is 5.97 Å². The van der Waals surface area contributed by atoms with Crippen molar-refractivity contribution in [2.75, 3.05) is 0 Å². The second kappa shape index (κ2) is 3.74. The summed E-state index contributed by atoms with van der Waals surface area (Å²) >= 11 is 5.95. The molecule has 0 atom stereocenters. The van der Waals surface area contributed by atoms with Gasteiger partial charge in [0.15, 0.2) is 0 Å². The highest BCUT2D eigenvalue weighted by atomic mass is 35.5. The molecule has 0 saturated heterocycles. The molecule has 1 aromatic carbocycles. The lowest BCUT2D eigenvalue weighted by Crippen LogP contribution is -2.02. The van der Waals surface area contributed by atoms with Crippen LogP contribution in [0.2, 0.25) is 5.02 Å². The molecule has 15 heavy (non-hydrogen) atoms. The van der Waals surface area contributed by atoms with Crippen LogP contribution in [0.1, 0.15) is 10.4 Å². The maximum atomic E-state index is 10.8. The highest BCUT2D eigenvalue weighted by Gasteiger charge is 2.12. The Morgan fingerprint density at radius 2 is 2.20 bits per heavy atom. The molecule has 0 aliphatic heterocycles. The number of halogens is 1. The number of carboxylic acid groups (broad SMARTS) is 1. The van der Waals surface area contributed by atoms with E-state index in [9.17, 15) is 4.79 Å². The van der Waals surface area contributed by atoms with Gasteiger partial charge in [0.25, 0.3) is 0 Å². The van der Waals surface area contributed by atoms with E-state index in [2.05, 4.69) is 5.10 Å². The lowest BCUT2D eigenvalue weighted by Gasteiger charge is -2.06. The van der Waals surface area contributed by atoms with E-state index in [4.69, 9.17) is 16.7 Å². The molecule has 0 radical (unpaired) electrons. The fourth-order valence-electron chi connectivity index (χ4n) is 1.27. The summed E-state index contributed by atoms with van der Waals surface area (Å²) in [6.07, 6.45) is 3.30. The summed E-state index contributed by atoms with van der Waals surface area (Å²) in [6, 6.07) is 6.54. The molecular weight excluding hydrogens is 216 g/mol. The van der Waals surface area contributed by atoms with E-state index < -0.39 is 5.97 Å². The number of nitrogens with zero attached hydrogens (tertiary/aromatic N) is 2. The van der Waals surface area contributed by atoms with Crippen molar-refractivity contribution < 1.29 is 9.90 Å².